The number of nitrogen functional groups attached to an aromatic ring is 1. The van der Waals surface area contributed by atoms with Crippen molar-refractivity contribution in [2.75, 3.05) is 17.6 Å². The summed E-state index contributed by atoms with van der Waals surface area (Å²) in [6.45, 7) is 2.55. The van der Waals surface area contributed by atoms with Crippen LogP contribution in [0.25, 0.3) is 0 Å². The summed E-state index contributed by atoms with van der Waals surface area (Å²) in [5, 5.41) is 9.73. The number of sulfonamides is 1. The number of nitrogens with one attached hydrogen (secondary N) is 3. The van der Waals surface area contributed by atoms with Gasteiger partial charge >= 0.3 is 0 Å². The monoisotopic (exact) mass is 295 g/mol. The van der Waals surface area contributed by atoms with Crippen LogP contribution in [0.1, 0.15) is 12.6 Å². The summed E-state index contributed by atoms with van der Waals surface area (Å²) in [5.74, 6) is 0. The van der Waals surface area contributed by atoms with Crippen molar-refractivity contribution < 1.29 is 8.42 Å². The number of aromatic nitrogens is 2. The van der Waals surface area contributed by atoms with Crippen LogP contribution in [0.5, 0.6) is 0 Å². The van der Waals surface area contributed by atoms with E-state index in [1.54, 1.807) is 19.2 Å². The molecule has 0 fully saturated rings. The lowest BCUT2D eigenvalue weighted by Crippen LogP contribution is -2.23. The number of nitrogens with two attached hydrogens (primary N) is 1. The second kappa shape index (κ2) is 5.93. The highest BCUT2D eigenvalue weighted by molar-refractivity contribution is 7.89. The standard InChI is InChI=1S/C12H17N5O2S/c1-2-16-20(18,19)10-3-4-11(13)12(7-10)14-8-9-5-6-15-17-9/h3-7,14,16H,2,8,13H2,1H3,(H,15,17). The third kappa shape index (κ3) is 3.28. The first-order valence-electron chi connectivity index (χ1n) is 6.14. The van der Waals surface area contributed by atoms with Gasteiger partial charge in [-0.25, -0.2) is 13.1 Å². The lowest BCUT2D eigenvalue weighted by atomic mass is 10.2. The Morgan fingerprint density at radius 2 is 2.15 bits per heavy atom. The Morgan fingerprint density at radius 1 is 1.35 bits per heavy atom. The molecule has 0 aliphatic heterocycles. The molecule has 0 saturated carbocycles. The SMILES string of the molecule is CCNS(=O)(=O)c1ccc(N)c(NCc2ccn[nH]2)c1. The van der Waals surface area contributed by atoms with Gasteiger partial charge in [-0.15, -0.1) is 0 Å². The number of benzene rings is 1. The van der Waals surface area contributed by atoms with Gasteiger partial charge in [0, 0.05) is 12.7 Å². The minimum Gasteiger partial charge on any atom is -0.397 e. The zero-order valence-corrected chi connectivity index (χ0v) is 11.9. The molecule has 0 radical (unpaired) electrons. The molecule has 0 aliphatic rings. The van der Waals surface area contributed by atoms with E-state index in [4.69, 9.17) is 5.73 Å². The fourth-order valence-electron chi connectivity index (χ4n) is 1.70. The second-order valence-electron chi connectivity index (χ2n) is 4.19. The number of nitrogens with zero attached hydrogens (tertiary/aromatic N) is 1. The summed E-state index contributed by atoms with van der Waals surface area (Å²) >= 11 is 0. The maximum absolute atomic E-state index is 11.9. The van der Waals surface area contributed by atoms with Crippen LogP contribution in [0.4, 0.5) is 11.4 Å². The first-order chi connectivity index (χ1) is 9.53. The predicted octanol–water partition coefficient (Wildman–Crippen LogP) is 0.902. The van der Waals surface area contributed by atoms with Crippen molar-refractivity contribution in [2.45, 2.75) is 18.4 Å². The van der Waals surface area contributed by atoms with Crippen molar-refractivity contribution in [1.82, 2.24) is 14.9 Å². The van der Waals surface area contributed by atoms with Gasteiger partial charge < -0.3 is 11.1 Å². The molecule has 1 aromatic carbocycles. The molecular weight excluding hydrogens is 278 g/mol. The molecule has 1 aromatic heterocycles. The fraction of sp³-hybridized carbons (Fsp3) is 0.250. The zero-order chi connectivity index (χ0) is 14.6. The molecule has 0 saturated heterocycles. The van der Waals surface area contributed by atoms with E-state index < -0.39 is 10.0 Å². The molecule has 1 heterocycles. The van der Waals surface area contributed by atoms with E-state index in [0.29, 0.717) is 24.5 Å². The summed E-state index contributed by atoms with van der Waals surface area (Å²) in [6.07, 6.45) is 1.65. The average molecular weight is 295 g/mol. The molecule has 7 nitrogen and oxygen atoms in total. The van der Waals surface area contributed by atoms with Gasteiger partial charge in [0.1, 0.15) is 0 Å². The Morgan fingerprint density at radius 3 is 2.80 bits per heavy atom. The zero-order valence-electron chi connectivity index (χ0n) is 11.1. The molecule has 5 N–H and O–H groups in total. The van der Waals surface area contributed by atoms with Crippen molar-refractivity contribution >= 4 is 21.4 Å². The molecule has 0 atom stereocenters. The van der Waals surface area contributed by atoms with Gasteiger partial charge in [-0.3, -0.25) is 5.10 Å². The van der Waals surface area contributed by atoms with Crippen molar-refractivity contribution in [3.05, 3.63) is 36.2 Å². The summed E-state index contributed by atoms with van der Waals surface area (Å²) in [5.41, 5.74) is 7.78. The number of H-pyrrole nitrogens is 1. The smallest absolute Gasteiger partial charge is 0.240 e. The average Bonchev–Trinajstić information content (AvgIpc) is 2.90. The first kappa shape index (κ1) is 14.4. The fourth-order valence-corrected chi connectivity index (χ4v) is 2.77. The Bertz CT molecular complexity index is 667. The van der Waals surface area contributed by atoms with Gasteiger partial charge in [-0.1, -0.05) is 6.92 Å². The molecule has 8 heteroatoms. The summed E-state index contributed by atoms with van der Waals surface area (Å²) in [7, 11) is -3.49. The Kier molecular flexibility index (Phi) is 4.26. The molecule has 108 valence electrons. The van der Waals surface area contributed by atoms with Crippen LogP contribution in [0.3, 0.4) is 0 Å². The molecule has 20 heavy (non-hydrogen) atoms. The minimum absolute atomic E-state index is 0.181. The molecule has 0 aliphatic carbocycles. The predicted molar refractivity (Wildman–Crippen MR) is 77.6 cm³/mol. The van der Waals surface area contributed by atoms with Crippen molar-refractivity contribution in [3.63, 3.8) is 0 Å². The van der Waals surface area contributed by atoms with Crippen LogP contribution in [0.2, 0.25) is 0 Å². The number of aromatic amines is 1. The largest absolute Gasteiger partial charge is 0.397 e. The van der Waals surface area contributed by atoms with E-state index in [9.17, 15) is 8.42 Å². The molecule has 2 aromatic rings. The molecule has 0 unspecified atom stereocenters. The van der Waals surface area contributed by atoms with E-state index in [1.807, 2.05) is 6.07 Å². The molecular formula is C12H17N5O2S. The minimum atomic E-state index is -3.49. The topological polar surface area (TPSA) is 113 Å². The van der Waals surface area contributed by atoms with E-state index in [0.717, 1.165) is 5.69 Å². The number of hydrogen-bond donors (Lipinski definition) is 4. The first-order valence-corrected chi connectivity index (χ1v) is 7.62. The summed E-state index contributed by atoms with van der Waals surface area (Å²) < 4.78 is 26.3. The second-order valence-corrected chi connectivity index (χ2v) is 5.95. The molecule has 2 rings (SSSR count). The number of hydrogen-bond acceptors (Lipinski definition) is 5. The quantitative estimate of drug-likeness (QED) is 0.591. The van der Waals surface area contributed by atoms with Crippen molar-refractivity contribution in [2.24, 2.45) is 0 Å². The van der Waals surface area contributed by atoms with Crippen molar-refractivity contribution in [1.29, 1.82) is 0 Å². The lowest BCUT2D eigenvalue weighted by Gasteiger charge is -2.11. The molecule has 0 amide bonds. The van der Waals surface area contributed by atoms with E-state index in [2.05, 4.69) is 20.2 Å². The highest BCUT2D eigenvalue weighted by atomic mass is 32.2. The number of rotatable bonds is 6. The van der Waals surface area contributed by atoms with E-state index in [-0.39, 0.29) is 4.90 Å². The highest BCUT2D eigenvalue weighted by Crippen LogP contribution is 2.23. The third-order valence-electron chi connectivity index (χ3n) is 2.70. The van der Waals surface area contributed by atoms with Crippen LogP contribution >= 0.6 is 0 Å². The van der Waals surface area contributed by atoms with Gasteiger partial charge in [-0.05, 0) is 24.3 Å². The van der Waals surface area contributed by atoms with Gasteiger partial charge in [0.2, 0.25) is 10.0 Å². The van der Waals surface area contributed by atoms with Gasteiger partial charge in [0.05, 0.1) is 28.5 Å². The summed E-state index contributed by atoms with van der Waals surface area (Å²) in [6, 6.07) is 6.39. The third-order valence-corrected chi connectivity index (χ3v) is 4.24. The normalized spacial score (nSPS) is 11.4. The van der Waals surface area contributed by atoms with E-state index in [1.165, 1.54) is 12.1 Å². The van der Waals surface area contributed by atoms with Crippen LogP contribution in [0.15, 0.2) is 35.4 Å². The Hall–Kier alpha value is -2.06. The van der Waals surface area contributed by atoms with Crippen molar-refractivity contribution in [3.8, 4) is 0 Å². The van der Waals surface area contributed by atoms with Gasteiger partial charge in [0.25, 0.3) is 0 Å². The maximum atomic E-state index is 11.9. The Labute approximate surface area is 117 Å². The van der Waals surface area contributed by atoms with Crippen LogP contribution in [-0.4, -0.2) is 25.2 Å². The molecule has 0 spiro atoms. The van der Waals surface area contributed by atoms with Crippen LogP contribution in [-0.2, 0) is 16.6 Å². The van der Waals surface area contributed by atoms with Crippen LogP contribution < -0.4 is 15.8 Å². The van der Waals surface area contributed by atoms with Crippen LogP contribution in [0, 0.1) is 0 Å². The maximum Gasteiger partial charge on any atom is 0.240 e. The lowest BCUT2D eigenvalue weighted by molar-refractivity contribution is 0.584. The summed E-state index contributed by atoms with van der Waals surface area (Å²) in [4.78, 5) is 0.181. The van der Waals surface area contributed by atoms with E-state index >= 15 is 0 Å². The highest BCUT2D eigenvalue weighted by Gasteiger charge is 2.14. The van der Waals surface area contributed by atoms with Gasteiger partial charge in [-0.2, -0.15) is 5.10 Å². The molecule has 0 bridgehead atoms. The van der Waals surface area contributed by atoms with Gasteiger partial charge in [0.15, 0.2) is 0 Å². The number of anilines is 2. The Balaban J connectivity index is 2.20.